The molecule has 0 saturated heterocycles. The summed E-state index contributed by atoms with van der Waals surface area (Å²) in [5, 5.41) is 1.71. The van der Waals surface area contributed by atoms with Crippen LogP contribution in [0.25, 0.3) is 13.2 Å². The third kappa shape index (κ3) is 1.11. The smallest absolute Gasteiger partial charge is 0.142 e. The van der Waals surface area contributed by atoms with Crippen LogP contribution in [0.5, 0.6) is 0 Å². The van der Waals surface area contributed by atoms with Crippen molar-refractivity contribution in [3.05, 3.63) is 21.7 Å². The minimum Gasteiger partial charge on any atom is -0.382 e. The third-order valence-electron chi connectivity index (χ3n) is 1.17. The summed E-state index contributed by atoms with van der Waals surface area (Å²) in [7, 11) is 0. The number of anilines is 1. The molecule has 0 aliphatic heterocycles. The van der Waals surface area contributed by atoms with Gasteiger partial charge in [0, 0.05) is 0 Å². The highest BCUT2D eigenvalue weighted by Crippen LogP contribution is 2.08. The number of nitrogens with two attached hydrogens (primary N) is 1. The molecular formula is C7H7ClN2. The quantitative estimate of drug-likeness (QED) is 0.578. The van der Waals surface area contributed by atoms with Crippen LogP contribution >= 0.6 is 11.6 Å². The Morgan fingerprint density at radius 2 is 2.10 bits per heavy atom. The molecule has 1 aromatic heterocycles. The zero-order valence-corrected chi connectivity index (χ0v) is 6.15. The van der Waals surface area contributed by atoms with Gasteiger partial charge in [-0.1, -0.05) is 24.8 Å². The van der Waals surface area contributed by atoms with E-state index in [2.05, 4.69) is 18.1 Å². The van der Waals surface area contributed by atoms with Gasteiger partial charge in [0.15, 0.2) is 0 Å². The Labute approximate surface area is 63.6 Å². The first-order valence-corrected chi connectivity index (χ1v) is 3.09. The summed E-state index contributed by atoms with van der Waals surface area (Å²) in [6, 6.07) is 1.65. The van der Waals surface area contributed by atoms with E-state index in [1.807, 2.05) is 0 Å². The fraction of sp³-hybridized carbons (Fsp3) is 0. The molecule has 3 heteroatoms. The van der Waals surface area contributed by atoms with E-state index in [0.29, 0.717) is 21.4 Å². The zero-order chi connectivity index (χ0) is 7.72. The molecule has 1 rings (SSSR count). The minimum atomic E-state index is 0.305. The molecule has 0 spiro atoms. The SMILES string of the molecule is C=c1cc(Cl)c(N)nc1=C. The molecule has 0 aliphatic rings. The summed E-state index contributed by atoms with van der Waals surface area (Å²) >= 11 is 5.63. The molecule has 1 heterocycles. The van der Waals surface area contributed by atoms with E-state index < -0.39 is 0 Å². The van der Waals surface area contributed by atoms with Gasteiger partial charge in [-0.2, -0.15) is 0 Å². The van der Waals surface area contributed by atoms with Gasteiger partial charge in [0.1, 0.15) is 5.82 Å². The molecule has 0 aromatic carbocycles. The summed E-state index contributed by atoms with van der Waals surface area (Å²) in [6.07, 6.45) is 0. The van der Waals surface area contributed by atoms with Gasteiger partial charge < -0.3 is 5.73 Å². The average Bonchev–Trinajstić information content (AvgIpc) is 1.84. The van der Waals surface area contributed by atoms with Crippen molar-refractivity contribution in [3.8, 4) is 0 Å². The maximum atomic E-state index is 5.63. The minimum absolute atomic E-state index is 0.305. The molecule has 0 atom stereocenters. The van der Waals surface area contributed by atoms with Crippen LogP contribution in [0.15, 0.2) is 6.07 Å². The van der Waals surface area contributed by atoms with Crippen LogP contribution in [-0.2, 0) is 0 Å². The van der Waals surface area contributed by atoms with Gasteiger partial charge in [0.25, 0.3) is 0 Å². The van der Waals surface area contributed by atoms with Gasteiger partial charge in [0.05, 0.1) is 10.4 Å². The third-order valence-corrected chi connectivity index (χ3v) is 1.47. The number of halogens is 1. The number of nitrogens with zero attached hydrogens (tertiary/aromatic N) is 1. The lowest BCUT2D eigenvalue weighted by Gasteiger charge is -1.94. The number of pyridine rings is 1. The van der Waals surface area contributed by atoms with Gasteiger partial charge in [-0.05, 0) is 11.3 Å². The Balaban J connectivity index is 3.59. The van der Waals surface area contributed by atoms with Gasteiger partial charge in [-0.25, -0.2) is 4.98 Å². The lowest BCUT2D eigenvalue weighted by Crippen LogP contribution is -2.25. The molecule has 0 bridgehead atoms. The van der Waals surface area contributed by atoms with E-state index in [1.54, 1.807) is 6.07 Å². The number of aromatic nitrogens is 1. The van der Waals surface area contributed by atoms with Crippen LogP contribution in [0.1, 0.15) is 0 Å². The second kappa shape index (κ2) is 2.31. The maximum absolute atomic E-state index is 5.63. The first-order valence-electron chi connectivity index (χ1n) is 2.71. The van der Waals surface area contributed by atoms with Crippen molar-refractivity contribution in [3.63, 3.8) is 0 Å². The Morgan fingerprint density at radius 1 is 1.50 bits per heavy atom. The molecular weight excluding hydrogens is 148 g/mol. The first kappa shape index (κ1) is 7.09. The number of hydrogen-bond acceptors (Lipinski definition) is 2. The molecule has 0 unspecified atom stereocenters. The molecule has 0 amide bonds. The van der Waals surface area contributed by atoms with E-state index >= 15 is 0 Å². The summed E-state index contributed by atoms with van der Waals surface area (Å²) in [6.45, 7) is 7.27. The van der Waals surface area contributed by atoms with Crippen molar-refractivity contribution in [2.24, 2.45) is 0 Å². The highest BCUT2D eigenvalue weighted by molar-refractivity contribution is 6.32. The molecule has 0 fully saturated rings. The van der Waals surface area contributed by atoms with E-state index in [0.717, 1.165) is 0 Å². The predicted molar refractivity (Wildman–Crippen MR) is 44.0 cm³/mol. The van der Waals surface area contributed by atoms with Crippen LogP contribution in [0.2, 0.25) is 5.02 Å². The van der Waals surface area contributed by atoms with Crippen molar-refractivity contribution in [1.29, 1.82) is 0 Å². The van der Waals surface area contributed by atoms with Crippen LogP contribution in [0.4, 0.5) is 5.82 Å². The normalized spacial score (nSPS) is 9.70. The Morgan fingerprint density at radius 3 is 2.60 bits per heavy atom. The summed E-state index contributed by atoms with van der Waals surface area (Å²) < 4.78 is 0. The van der Waals surface area contributed by atoms with Crippen LogP contribution in [0, 0.1) is 0 Å². The number of nitrogen functional groups attached to an aromatic ring is 1. The molecule has 0 aliphatic carbocycles. The first-order chi connectivity index (χ1) is 4.61. The Hall–Kier alpha value is -1.02. The van der Waals surface area contributed by atoms with Crippen LogP contribution < -0.4 is 16.3 Å². The van der Waals surface area contributed by atoms with Gasteiger partial charge >= 0.3 is 0 Å². The highest BCUT2D eigenvalue weighted by atomic mass is 35.5. The van der Waals surface area contributed by atoms with Crippen molar-refractivity contribution in [2.75, 3.05) is 5.73 Å². The van der Waals surface area contributed by atoms with Crippen molar-refractivity contribution >= 4 is 30.6 Å². The van der Waals surface area contributed by atoms with E-state index in [1.165, 1.54) is 0 Å². The monoisotopic (exact) mass is 154 g/mol. The second-order valence-electron chi connectivity index (χ2n) is 1.96. The summed E-state index contributed by atoms with van der Waals surface area (Å²) in [5.74, 6) is 0.305. The largest absolute Gasteiger partial charge is 0.382 e. The molecule has 0 radical (unpaired) electrons. The Kier molecular flexibility index (Phi) is 1.64. The lowest BCUT2D eigenvalue weighted by molar-refractivity contribution is 1.24. The van der Waals surface area contributed by atoms with Crippen molar-refractivity contribution < 1.29 is 0 Å². The average molecular weight is 155 g/mol. The van der Waals surface area contributed by atoms with Crippen molar-refractivity contribution in [2.45, 2.75) is 0 Å². The number of hydrogen-bond donors (Lipinski definition) is 1. The van der Waals surface area contributed by atoms with E-state index in [-0.39, 0.29) is 0 Å². The molecule has 10 heavy (non-hydrogen) atoms. The van der Waals surface area contributed by atoms with Gasteiger partial charge in [0.2, 0.25) is 0 Å². The second-order valence-corrected chi connectivity index (χ2v) is 2.37. The number of rotatable bonds is 0. The Bertz CT molecular complexity index is 310. The summed E-state index contributed by atoms with van der Waals surface area (Å²) in [4.78, 5) is 3.84. The van der Waals surface area contributed by atoms with Crippen LogP contribution in [0.3, 0.4) is 0 Å². The molecule has 2 nitrogen and oxygen atoms in total. The highest BCUT2D eigenvalue weighted by Gasteiger charge is 1.93. The molecule has 0 saturated carbocycles. The molecule has 2 N–H and O–H groups in total. The van der Waals surface area contributed by atoms with E-state index in [4.69, 9.17) is 17.3 Å². The fourth-order valence-electron chi connectivity index (χ4n) is 0.581. The molecule has 52 valence electrons. The van der Waals surface area contributed by atoms with E-state index in [9.17, 15) is 0 Å². The zero-order valence-electron chi connectivity index (χ0n) is 5.39. The fourth-order valence-corrected chi connectivity index (χ4v) is 0.755. The van der Waals surface area contributed by atoms with Crippen molar-refractivity contribution in [1.82, 2.24) is 4.98 Å². The van der Waals surface area contributed by atoms with Crippen LogP contribution in [-0.4, -0.2) is 4.98 Å². The standard InChI is InChI=1S/C7H7ClN2/c1-4-3-6(8)7(9)10-5(4)2/h3H,1-2H2,(H2,9,10). The predicted octanol–water partition coefficient (Wildman–Crippen LogP) is 0.138. The van der Waals surface area contributed by atoms with Gasteiger partial charge in [-0.15, -0.1) is 0 Å². The summed E-state index contributed by atoms with van der Waals surface area (Å²) in [5.41, 5.74) is 5.38. The van der Waals surface area contributed by atoms with Gasteiger partial charge in [-0.3, -0.25) is 0 Å². The topological polar surface area (TPSA) is 38.9 Å². The maximum Gasteiger partial charge on any atom is 0.142 e. The molecule has 1 aromatic rings. The lowest BCUT2D eigenvalue weighted by atomic mass is 10.4.